The molecule has 0 atom stereocenters. The number of nitrogens with zero attached hydrogens (tertiary/aromatic N) is 1. The van der Waals surface area contributed by atoms with Gasteiger partial charge in [0.1, 0.15) is 5.03 Å². The summed E-state index contributed by atoms with van der Waals surface area (Å²) in [5.41, 5.74) is 2.01. The second-order valence-corrected chi connectivity index (χ2v) is 5.81. The van der Waals surface area contributed by atoms with Gasteiger partial charge in [0.15, 0.2) is 0 Å². The number of carbonyl (C=O) groups is 1. The number of rotatable bonds is 5. The van der Waals surface area contributed by atoms with Gasteiger partial charge in [0.2, 0.25) is 0 Å². The normalized spacial score (nSPS) is 10.8. The van der Waals surface area contributed by atoms with E-state index in [9.17, 15) is 4.79 Å². The lowest BCUT2D eigenvalue weighted by atomic mass is 10.1. The van der Waals surface area contributed by atoms with E-state index in [1.807, 2.05) is 36.4 Å². The number of carboxylic acids is 1. The van der Waals surface area contributed by atoms with E-state index >= 15 is 0 Å². The molecule has 0 amide bonds. The van der Waals surface area contributed by atoms with E-state index in [0.29, 0.717) is 0 Å². The van der Waals surface area contributed by atoms with Crippen molar-refractivity contribution in [1.29, 1.82) is 0 Å². The minimum atomic E-state index is -0.942. The van der Waals surface area contributed by atoms with Crippen LogP contribution in [0.15, 0.2) is 58.2 Å². The molecule has 102 valence electrons. The first kappa shape index (κ1) is 14.8. The summed E-state index contributed by atoms with van der Waals surface area (Å²) in [7, 11) is 0. The highest BCUT2D eigenvalue weighted by Crippen LogP contribution is 2.27. The van der Waals surface area contributed by atoms with E-state index in [0.717, 1.165) is 32.5 Å². The molecule has 1 heterocycles. The second-order valence-electron chi connectivity index (χ2n) is 4.00. The first-order valence-electron chi connectivity index (χ1n) is 5.88. The van der Waals surface area contributed by atoms with Gasteiger partial charge in [-0.05, 0) is 45.3 Å². The van der Waals surface area contributed by atoms with Crippen LogP contribution >= 0.6 is 27.7 Å². The number of pyridine rings is 1. The van der Waals surface area contributed by atoms with Gasteiger partial charge < -0.3 is 5.11 Å². The van der Waals surface area contributed by atoms with Gasteiger partial charge in [-0.2, -0.15) is 0 Å². The molecule has 0 radical (unpaired) electrons. The smallest absolute Gasteiger partial charge is 0.328 e. The molecule has 1 N–H and O–H groups in total. The number of halogens is 1. The quantitative estimate of drug-likeness (QED) is 0.648. The zero-order chi connectivity index (χ0) is 14.4. The zero-order valence-corrected chi connectivity index (χ0v) is 12.9. The summed E-state index contributed by atoms with van der Waals surface area (Å²) in [5, 5.41) is 9.57. The Morgan fingerprint density at radius 3 is 2.95 bits per heavy atom. The van der Waals surface area contributed by atoms with Gasteiger partial charge >= 0.3 is 5.97 Å². The average molecular weight is 350 g/mol. The molecule has 0 aliphatic heterocycles. The van der Waals surface area contributed by atoms with E-state index in [4.69, 9.17) is 5.11 Å². The third-order valence-electron chi connectivity index (χ3n) is 2.47. The maximum Gasteiger partial charge on any atom is 0.328 e. The standard InChI is InChI=1S/C15H12BrNO2S/c16-13-5-2-8-17-15(13)20-10-12-4-1-3-11(9-12)6-7-14(18)19/h1-9H,10H2,(H,18,19). The fourth-order valence-corrected chi connectivity index (χ4v) is 3.01. The summed E-state index contributed by atoms with van der Waals surface area (Å²) >= 11 is 5.10. The van der Waals surface area contributed by atoms with Crippen molar-refractivity contribution in [2.24, 2.45) is 0 Å². The van der Waals surface area contributed by atoms with Gasteiger partial charge in [0.05, 0.1) is 0 Å². The van der Waals surface area contributed by atoms with Crippen molar-refractivity contribution in [3.8, 4) is 0 Å². The Morgan fingerprint density at radius 2 is 2.20 bits per heavy atom. The molecular weight excluding hydrogens is 338 g/mol. The van der Waals surface area contributed by atoms with Crippen molar-refractivity contribution in [2.75, 3.05) is 0 Å². The van der Waals surface area contributed by atoms with Crippen molar-refractivity contribution in [1.82, 2.24) is 4.98 Å². The Kier molecular flexibility index (Phi) is 5.38. The molecule has 0 fully saturated rings. The van der Waals surface area contributed by atoms with Crippen LogP contribution in [0.25, 0.3) is 6.08 Å². The van der Waals surface area contributed by atoms with Crippen LogP contribution in [0.1, 0.15) is 11.1 Å². The molecule has 2 aromatic rings. The molecule has 0 saturated carbocycles. The molecule has 0 aliphatic rings. The monoisotopic (exact) mass is 349 g/mol. The SMILES string of the molecule is O=C(O)C=Cc1cccc(CSc2ncccc2Br)c1. The van der Waals surface area contributed by atoms with Crippen molar-refractivity contribution in [3.05, 3.63) is 64.3 Å². The van der Waals surface area contributed by atoms with Crippen molar-refractivity contribution >= 4 is 39.7 Å². The van der Waals surface area contributed by atoms with Gasteiger partial charge in [-0.3, -0.25) is 0 Å². The molecule has 1 aromatic heterocycles. The topological polar surface area (TPSA) is 50.2 Å². The lowest BCUT2D eigenvalue weighted by molar-refractivity contribution is -0.131. The fraction of sp³-hybridized carbons (Fsp3) is 0.0667. The highest BCUT2D eigenvalue weighted by Gasteiger charge is 2.02. The summed E-state index contributed by atoms with van der Waals surface area (Å²) in [6, 6.07) is 11.6. The number of hydrogen-bond acceptors (Lipinski definition) is 3. The van der Waals surface area contributed by atoms with Gasteiger partial charge in [0, 0.05) is 22.5 Å². The largest absolute Gasteiger partial charge is 0.478 e. The zero-order valence-electron chi connectivity index (χ0n) is 10.5. The molecule has 0 aliphatic carbocycles. The molecular formula is C15H12BrNO2S. The molecule has 0 saturated heterocycles. The minimum absolute atomic E-state index is 0.782. The lowest BCUT2D eigenvalue weighted by Crippen LogP contribution is -1.87. The van der Waals surface area contributed by atoms with Crippen molar-refractivity contribution < 1.29 is 9.90 Å². The second kappa shape index (κ2) is 7.26. The Balaban J connectivity index is 2.05. The number of carboxylic acid groups (broad SMARTS) is 1. The molecule has 3 nitrogen and oxygen atoms in total. The number of aromatic nitrogens is 1. The highest BCUT2D eigenvalue weighted by atomic mass is 79.9. The Morgan fingerprint density at radius 1 is 1.35 bits per heavy atom. The maximum absolute atomic E-state index is 10.5. The first-order chi connectivity index (χ1) is 9.65. The Hall–Kier alpha value is -1.59. The Labute approximate surface area is 129 Å². The predicted molar refractivity (Wildman–Crippen MR) is 84.6 cm³/mol. The molecule has 20 heavy (non-hydrogen) atoms. The first-order valence-corrected chi connectivity index (χ1v) is 7.66. The lowest BCUT2D eigenvalue weighted by Gasteiger charge is -2.04. The van der Waals surface area contributed by atoms with Crippen LogP contribution in [-0.4, -0.2) is 16.1 Å². The van der Waals surface area contributed by atoms with E-state index in [1.54, 1.807) is 24.0 Å². The van der Waals surface area contributed by atoms with Gasteiger partial charge in [-0.15, -0.1) is 11.8 Å². The highest BCUT2D eigenvalue weighted by molar-refractivity contribution is 9.10. The number of thioether (sulfide) groups is 1. The Bertz CT molecular complexity index is 643. The van der Waals surface area contributed by atoms with E-state index in [2.05, 4.69) is 20.9 Å². The summed E-state index contributed by atoms with van der Waals surface area (Å²) in [6.45, 7) is 0. The molecule has 5 heteroatoms. The summed E-state index contributed by atoms with van der Waals surface area (Å²) in [5.74, 6) is -0.160. The molecule has 0 unspecified atom stereocenters. The third-order valence-corrected chi connectivity index (χ3v) is 4.45. The minimum Gasteiger partial charge on any atom is -0.478 e. The van der Waals surface area contributed by atoms with Crippen molar-refractivity contribution in [3.63, 3.8) is 0 Å². The van der Waals surface area contributed by atoms with Crippen LogP contribution < -0.4 is 0 Å². The van der Waals surface area contributed by atoms with Gasteiger partial charge in [-0.1, -0.05) is 24.3 Å². The van der Waals surface area contributed by atoms with Crippen LogP contribution in [0.2, 0.25) is 0 Å². The fourth-order valence-electron chi connectivity index (χ4n) is 1.58. The van der Waals surface area contributed by atoms with Crippen LogP contribution in [0.5, 0.6) is 0 Å². The number of aliphatic carboxylic acids is 1. The van der Waals surface area contributed by atoms with Crippen LogP contribution in [-0.2, 0) is 10.5 Å². The van der Waals surface area contributed by atoms with E-state index in [1.165, 1.54) is 0 Å². The van der Waals surface area contributed by atoms with E-state index in [-0.39, 0.29) is 0 Å². The number of benzene rings is 1. The van der Waals surface area contributed by atoms with Crippen LogP contribution in [0.4, 0.5) is 0 Å². The third kappa shape index (κ3) is 4.51. The van der Waals surface area contributed by atoms with E-state index < -0.39 is 5.97 Å². The molecule has 2 rings (SSSR count). The summed E-state index contributed by atoms with van der Waals surface area (Å²) < 4.78 is 0.979. The number of hydrogen-bond donors (Lipinski definition) is 1. The maximum atomic E-state index is 10.5. The van der Waals surface area contributed by atoms with Crippen LogP contribution in [0, 0.1) is 0 Å². The van der Waals surface area contributed by atoms with Crippen LogP contribution in [0.3, 0.4) is 0 Å². The van der Waals surface area contributed by atoms with Crippen molar-refractivity contribution in [2.45, 2.75) is 10.8 Å². The molecule has 0 bridgehead atoms. The van der Waals surface area contributed by atoms with Gasteiger partial charge in [0.25, 0.3) is 0 Å². The summed E-state index contributed by atoms with van der Waals surface area (Å²) in [4.78, 5) is 14.8. The molecule has 0 spiro atoms. The predicted octanol–water partition coefficient (Wildman–Crippen LogP) is 4.23. The average Bonchev–Trinajstić information content (AvgIpc) is 2.45. The van der Waals surface area contributed by atoms with Gasteiger partial charge in [-0.25, -0.2) is 9.78 Å². The summed E-state index contributed by atoms with van der Waals surface area (Å²) in [6.07, 6.45) is 4.49. The molecule has 1 aromatic carbocycles.